The fourth-order valence-corrected chi connectivity index (χ4v) is 6.68. The third kappa shape index (κ3) is 5.36. The number of hydrogen-bond acceptors (Lipinski definition) is 5. The molecule has 2 amide bonds. The molecule has 0 bridgehead atoms. The molecule has 0 fully saturated rings. The topological polar surface area (TPSA) is 187 Å². The second-order valence-electron chi connectivity index (χ2n) is 9.67. The zero-order chi connectivity index (χ0) is 27.1. The van der Waals surface area contributed by atoms with Crippen LogP contribution in [0.3, 0.4) is 0 Å². The van der Waals surface area contributed by atoms with Crippen LogP contribution in [0.4, 0.5) is 5.95 Å². The number of hydrogen-bond donors (Lipinski definition) is 8. The average molecular weight is 717 g/mol. The van der Waals surface area contributed by atoms with Gasteiger partial charge in [-0.25, -0.2) is 9.97 Å². The summed E-state index contributed by atoms with van der Waals surface area (Å²) in [5.74, 6) is 0.454. The summed E-state index contributed by atoms with van der Waals surface area (Å²) in [4.78, 5) is 38.8. The van der Waals surface area contributed by atoms with Crippen molar-refractivity contribution in [3.05, 3.63) is 54.7 Å². The number of nitrogens with zero attached hydrogens (tertiary/aromatic N) is 1. The normalized spacial score (nSPS) is 22.5. The van der Waals surface area contributed by atoms with Crippen LogP contribution in [0, 0.1) is 11.8 Å². The van der Waals surface area contributed by atoms with Gasteiger partial charge in [-0.3, -0.25) is 31.4 Å². The van der Waals surface area contributed by atoms with Crippen molar-refractivity contribution in [2.24, 2.45) is 24.6 Å². The van der Waals surface area contributed by atoms with Gasteiger partial charge in [-0.2, -0.15) is 0 Å². The number of nitrogens with two attached hydrogens (primary N) is 2. The monoisotopic (exact) mass is 714 g/mol. The van der Waals surface area contributed by atoms with Gasteiger partial charge in [-0.15, -0.1) is 0 Å². The number of nitrogen functional groups attached to an aromatic ring is 1. The standard InChI is InChI=1S/C23H27Br3N10O2/c1-36-8-10(24)3-16(36)21(38)29-5-9-2-13-18(35-23(28)33-13)17(15-7-31-22(27)34-15)11(9)6-30-20(37)14-4-12(25)19(26)32-14/h3-4,8-9,11,15,17,32H,2,5-7H2,1H3,(H,29,38)(H,30,37)(H3,27,31,34)(H3,28,33,35)/p+2/t9-,11-,15?,17-/m1/s1. The lowest BCUT2D eigenvalue weighted by atomic mass is 9.69. The van der Waals surface area contributed by atoms with Crippen molar-refractivity contribution in [1.29, 1.82) is 0 Å². The summed E-state index contributed by atoms with van der Waals surface area (Å²) in [6.45, 7) is 1.41. The van der Waals surface area contributed by atoms with Gasteiger partial charge >= 0.3 is 11.9 Å². The van der Waals surface area contributed by atoms with E-state index in [4.69, 9.17) is 11.5 Å². The number of rotatable bonds is 7. The highest BCUT2D eigenvalue weighted by Gasteiger charge is 2.47. The Bertz CT molecular complexity index is 1390. The molecule has 3 aromatic rings. The number of fused-ring (bicyclic) bond motifs is 1. The number of H-pyrrole nitrogens is 3. The highest BCUT2D eigenvalue weighted by Crippen LogP contribution is 2.39. The maximum absolute atomic E-state index is 13.0. The van der Waals surface area contributed by atoms with E-state index in [1.165, 1.54) is 0 Å². The fraction of sp³-hybridized carbons (Fsp3) is 0.391. The molecule has 0 saturated heterocycles. The Morgan fingerprint density at radius 3 is 2.53 bits per heavy atom. The van der Waals surface area contributed by atoms with Gasteiger partial charge in [0.15, 0.2) is 0 Å². The molecule has 0 aromatic carbocycles. The minimum absolute atomic E-state index is 0.00218. The number of aromatic amines is 3. The number of imidazole rings is 1. The molecule has 5 rings (SSSR count). The molecule has 0 spiro atoms. The molecular formula is C23H29Br3N10O2+2. The molecule has 202 valence electrons. The number of guanidine groups is 1. The number of aryl methyl sites for hydroxylation is 1. The van der Waals surface area contributed by atoms with Gasteiger partial charge in [0.05, 0.1) is 21.5 Å². The maximum Gasteiger partial charge on any atom is 0.350 e. The minimum Gasteiger partial charge on any atom is -0.350 e. The number of halogens is 3. The highest BCUT2D eigenvalue weighted by molar-refractivity contribution is 9.13. The van der Waals surface area contributed by atoms with Crippen LogP contribution in [-0.2, 0) is 13.5 Å². The molecule has 4 heterocycles. The van der Waals surface area contributed by atoms with Crippen LogP contribution < -0.4 is 37.4 Å². The van der Waals surface area contributed by atoms with Crippen molar-refractivity contribution >= 4 is 71.5 Å². The summed E-state index contributed by atoms with van der Waals surface area (Å²) in [7, 11) is 1.83. The number of nitrogens with one attached hydrogen (secondary N) is 7. The molecule has 1 unspecified atom stereocenters. The van der Waals surface area contributed by atoms with Crippen molar-refractivity contribution in [2.75, 3.05) is 25.4 Å². The average Bonchev–Trinajstić information content (AvgIpc) is 3.62. The Balaban J connectivity index is 1.41. The molecular weight excluding hydrogens is 688 g/mol. The van der Waals surface area contributed by atoms with Gasteiger partial charge in [0.2, 0.25) is 0 Å². The third-order valence-corrected chi connectivity index (χ3v) is 9.45. The number of carbonyl (C=O) groups excluding carboxylic acids is 2. The van der Waals surface area contributed by atoms with Gasteiger partial charge in [-0.05, 0) is 71.8 Å². The van der Waals surface area contributed by atoms with Gasteiger partial charge in [0.1, 0.15) is 28.8 Å². The molecule has 3 aromatic heterocycles. The second-order valence-corrected chi connectivity index (χ2v) is 12.2. The van der Waals surface area contributed by atoms with Crippen LogP contribution in [0.2, 0.25) is 0 Å². The third-order valence-electron chi connectivity index (χ3n) is 7.23. The molecule has 1 aliphatic heterocycles. The Labute approximate surface area is 243 Å². The summed E-state index contributed by atoms with van der Waals surface area (Å²) in [5, 5.41) is 9.54. The zero-order valence-electron chi connectivity index (χ0n) is 20.4. The first kappa shape index (κ1) is 26.8. The zero-order valence-corrected chi connectivity index (χ0v) is 25.2. The largest absolute Gasteiger partial charge is 0.350 e. The highest BCUT2D eigenvalue weighted by atomic mass is 79.9. The lowest BCUT2D eigenvalue weighted by molar-refractivity contribution is -0.452. The van der Waals surface area contributed by atoms with E-state index in [1.807, 2.05) is 13.2 Å². The molecule has 38 heavy (non-hydrogen) atoms. The van der Waals surface area contributed by atoms with Crippen LogP contribution in [0.15, 0.2) is 31.9 Å². The number of carbonyl (C=O) groups is 2. The van der Waals surface area contributed by atoms with Crippen molar-refractivity contribution in [2.45, 2.75) is 18.4 Å². The Hall–Kier alpha value is -2.78. The van der Waals surface area contributed by atoms with Crippen LogP contribution in [0.25, 0.3) is 0 Å². The van der Waals surface area contributed by atoms with Crippen molar-refractivity contribution in [3.8, 4) is 0 Å². The number of aromatic nitrogens is 4. The quantitative estimate of drug-likeness (QED) is 0.163. The Morgan fingerprint density at radius 1 is 1.13 bits per heavy atom. The summed E-state index contributed by atoms with van der Waals surface area (Å²) in [5.41, 5.74) is 15.1. The van der Waals surface area contributed by atoms with E-state index in [9.17, 15) is 9.59 Å². The molecule has 4 atom stereocenters. The molecule has 11 N–H and O–H groups in total. The minimum atomic E-state index is -0.224. The molecule has 1 aliphatic carbocycles. The maximum atomic E-state index is 13.0. The smallest absolute Gasteiger partial charge is 0.350 e. The molecule has 15 heteroatoms. The van der Waals surface area contributed by atoms with Crippen LogP contribution in [-0.4, -0.2) is 58.0 Å². The van der Waals surface area contributed by atoms with Crippen LogP contribution in [0.5, 0.6) is 0 Å². The predicted octanol–water partition coefficient (Wildman–Crippen LogP) is -0.536. The lowest BCUT2D eigenvalue weighted by Crippen LogP contribution is -2.73. The van der Waals surface area contributed by atoms with E-state index in [2.05, 4.69) is 83.7 Å². The van der Waals surface area contributed by atoms with Crippen molar-refractivity contribution < 1.29 is 19.6 Å². The van der Waals surface area contributed by atoms with Gasteiger partial charge in [-0.1, -0.05) is 0 Å². The van der Waals surface area contributed by atoms with Crippen molar-refractivity contribution in [3.63, 3.8) is 0 Å². The SMILES string of the molecule is Cn1cc(Br)cc1C(=O)NC[C@H]1Cc2[nH]c(N)[nH+]c2[C@@H](C2C[NH+]=C(N)N2)[C@@H]1CNC(=O)c1cc(Br)c(Br)[nH]1. The Morgan fingerprint density at radius 2 is 1.89 bits per heavy atom. The molecule has 0 radical (unpaired) electrons. The van der Waals surface area contributed by atoms with E-state index >= 15 is 0 Å². The fourth-order valence-electron chi connectivity index (χ4n) is 5.50. The first-order valence-electron chi connectivity index (χ1n) is 12.0. The van der Waals surface area contributed by atoms with Crippen LogP contribution >= 0.6 is 47.8 Å². The van der Waals surface area contributed by atoms with E-state index in [0.717, 1.165) is 20.3 Å². The first-order chi connectivity index (χ1) is 18.1. The number of amides is 2. The lowest BCUT2D eigenvalue weighted by Gasteiger charge is -2.38. The van der Waals surface area contributed by atoms with Gasteiger partial charge in [0, 0.05) is 37.2 Å². The second kappa shape index (κ2) is 10.8. The first-order valence-corrected chi connectivity index (χ1v) is 14.4. The van der Waals surface area contributed by atoms with E-state index < -0.39 is 0 Å². The summed E-state index contributed by atoms with van der Waals surface area (Å²) < 4.78 is 4.07. The van der Waals surface area contributed by atoms with E-state index in [-0.39, 0.29) is 35.6 Å². The van der Waals surface area contributed by atoms with E-state index in [0.29, 0.717) is 54.0 Å². The Kier molecular flexibility index (Phi) is 7.60. The van der Waals surface area contributed by atoms with Crippen molar-refractivity contribution in [1.82, 2.24) is 30.5 Å². The van der Waals surface area contributed by atoms with Crippen LogP contribution in [0.1, 0.15) is 38.3 Å². The molecule has 0 saturated carbocycles. The van der Waals surface area contributed by atoms with E-state index in [1.54, 1.807) is 16.7 Å². The van der Waals surface area contributed by atoms with Gasteiger partial charge < -0.3 is 20.2 Å². The molecule has 12 nitrogen and oxygen atoms in total. The summed E-state index contributed by atoms with van der Waals surface area (Å²) >= 11 is 10.2. The number of anilines is 1. The molecule has 2 aliphatic rings. The van der Waals surface area contributed by atoms with Gasteiger partial charge in [0.25, 0.3) is 11.8 Å². The summed E-state index contributed by atoms with van der Waals surface area (Å²) in [6.07, 6.45) is 2.49. The predicted molar refractivity (Wildman–Crippen MR) is 151 cm³/mol. The summed E-state index contributed by atoms with van der Waals surface area (Å²) in [6, 6.07) is 3.47.